The van der Waals surface area contributed by atoms with Crippen LogP contribution in [-0.4, -0.2) is 24.1 Å². The minimum atomic E-state index is 0.639. The van der Waals surface area contributed by atoms with Crippen LogP contribution in [-0.2, 0) is 0 Å². The zero-order valence-corrected chi connectivity index (χ0v) is 30.3. The van der Waals surface area contributed by atoms with E-state index in [4.69, 9.17) is 15.0 Å². The van der Waals surface area contributed by atoms with E-state index >= 15 is 0 Å². The third-order valence-electron chi connectivity index (χ3n) is 10.8. The summed E-state index contributed by atoms with van der Waals surface area (Å²) >= 11 is 0. The predicted octanol–water partition coefficient (Wildman–Crippen LogP) is 12.7. The average Bonchev–Trinajstić information content (AvgIpc) is 3.79. The van der Waals surface area contributed by atoms with E-state index in [9.17, 15) is 0 Å². The normalized spacial score (nSPS) is 11.6. The van der Waals surface area contributed by atoms with Gasteiger partial charge in [-0.05, 0) is 59.0 Å². The number of benzene rings is 8. The lowest BCUT2D eigenvalue weighted by atomic mass is 9.93. The van der Waals surface area contributed by atoms with Gasteiger partial charge in [-0.25, -0.2) is 15.0 Å². The molecule has 11 rings (SSSR count). The Labute approximate surface area is 323 Å². The maximum atomic E-state index is 5.15. The number of aromatic nitrogens is 5. The fourth-order valence-corrected chi connectivity index (χ4v) is 8.29. The van der Waals surface area contributed by atoms with E-state index in [1.165, 1.54) is 21.7 Å². The molecule has 0 saturated heterocycles. The summed E-state index contributed by atoms with van der Waals surface area (Å²) in [4.78, 5) is 15.3. The zero-order chi connectivity index (χ0) is 37.0. The molecule has 3 aromatic heterocycles. The van der Waals surface area contributed by atoms with E-state index in [1.54, 1.807) is 0 Å². The summed E-state index contributed by atoms with van der Waals surface area (Å²) in [5.74, 6) is 1.93. The zero-order valence-electron chi connectivity index (χ0n) is 30.3. The molecule has 0 saturated carbocycles. The largest absolute Gasteiger partial charge is 0.295 e. The molecule has 0 spiro atoms. The van der Waals surface area contributed by atoms with E-state index in [0.717, 1.165) is 61.1 Å². The molecule has 3 heterocycles. The quantitative estimate of drug-likeness (QED) is 0.172. The molecular formula is C51H33N5. The first kappa shape index (κ1) is 31.9. The Morgan fingerprint density at radius 3 is 1.43 bits per heavy atom. The van der Waals surface area contributed by atoms with Crippen molar-refractivity contribution in [2.75, 3.05) is 0 Å². The number of hydrogen-bond donors (Lipinski definition) is 0. The second-order valence-electron chi connectivity index (χ2n) is 14.0. The van der Waals surface area contributed by atoms with Crippen molar-refractivity contribution in [2.24, 2.45) is 0 Å². The Kier molecular flexibility index (Phi) is 7.42. The molecule has 0 aliphatic heterocycles. The Morgan fingerprint density at radius 1 is 0.321 bits per heavy atom. The summed E-state index contributed by atoms with van der Waals surface area (Å²) in [6, 6.07) is 70.3. The summed E-state index contributed by atoms with van der Waals surface area (Å²) in [5, 5.41) is 5.86. The molecule has 0 fully saturated rings. The first-order chi connectivity index (χ1) is 27.8. The number of rotatable bonds is 6. The predicted molar refractivity (Wildman–Crippen MR) is 230 cm³/mol. The van der Waals surface area contributed by atoms with Crippen LogP contribution in [0.3, 0.4) is 0 Å². The average molecular weight is 716 g/mol. The maximum Gasteiger partial charge on any atom is 0.164 e. The smallest absolute Gasteiger partial charge is 0.164 e. The first-order valence-electron chi connectivity index (χ1n) is 18.9. The molecule has 0 atom stereocenters. The highest BCUT2D eigenvalue weighted by molar-refractivity contribution is 6.23. The van der Waals surface area contributed by atoms with E-state index < -0.39 is 0 Å². The third kappa shape index (κ3) is 5.13. The van der Waals surface area contributed by atoms with Crippen LogP contribution in [0, 0.1) is 0 Å². The molecule has 8 aromatic carbocycles. The van der Waals surface area contributed by atoms with Crippen molar-refractivity contribution < 1.29 is 0 Å². The molecule has 5 heteroatoms. The second-order valence-corrected chi connectivity index (χ2v) is 14.0. The minimum absolute atomic E-state index is 0.639. The summed E-state index contributed by atoms with van der Waals surface area (Å²) in [7, 11) is 0. The molecule has 0 aliphatic carbocycles. The van der Waals surface area contributed by atoms with Gasteiger partial charge in [-0.2, -0.15) is 0 Å². The number of para-hydroxylation sites is 3. The van der Waals surface area contributed by atoms with Gasteiger partial charge >= 0.3 is 0 Å². The van der Waals surface area contributed by atoms with Crippen molar-refractivity contribution in [2.45, 2.75) is 0 Å². The highest BCUT2D eigenvalue weighted by Gasteiger charge is 2.23. The van der Waals surface area contributed by atoms with Gasteiger partial charge in [0.05, 0.1) is 11.0 Å². The molecule has 0 aliphatic rings. The van der Waals surface area contributed by atoms with Crippen molar-refractivity contribution in [1.29, 1.82) is 0 Å². The molecule has 56 heavy (non-hydrogen) atoms. The van der Waals surface area contributed by atoms with Crippen LogP contribution in [0.2, 0.25) is 0 Å². The summed E-state index contributed by atoms with van der Waals surface area (Å²) in [5.41, 5.74) is 10.8. The Bertz CT molecular complexity index is 3160. The van der Waals surface area contributed by atoms with Gasteiger partial charge in [-0.15, -0.1) is 0 Å². The van der Waals surface area contributed by atoms with Crippen molar-refractivity contribution >= 4 is 43.6 Å². The highest BCUT2D eigenvalue weighted by atomic mass is 15.1. The molecule has 262 valence electrons. The molecule has 0 N–H and O–H groups in total. The van der Waals surface area contributed by atoms with Crippen molar-refractivity contribution in [3.8, 4) is 56.7 Å². The molecule has 0 unspecified atom stereocenters. The van der Waals surface area contributed by atoms with Crippen molar-refractivity contribution in [3.63, 3.8) is 0 Å². The molecule has 0 amide bonds. The number of nitrogens with zero attached hydrogens (tertiary/aromatic N) is 5. The van der Waals surface area contributed by atoms with Crippen molar-refractivity contribution in [1.82, 2.24) is 24.1 Å². The standard InChI is InChI=1S/C51H33N5/c1-5-17-35(18-6-1)48-52-49(36-19-7-2-8-20-36)54-50(53-48)42-29-16-22-34-21-15-28-40(46(34)42)37-31-32-45-43(33-37)47-41-27-13-14-30-44(41)55(38-23-9-3-10-24-38)51(47)56(45)39-25-11-4-12-26-39/h1-33H. The minimum Gasteiger partial charge on any atom is -0.295 e. The summed E-state index contributed by atoms with van der Waals surface area (Å²) in [6.45, 7) is 0. The van der Waals surface area contributed by atoms with E-state index in [-0.39, 0.29) is 0 Å². The molecule has 0 bridgehead atoms. The van der Waals surface area contributed by atoms with Crippen LogP contribution in [0.1, 0.15) is 0 Å². The van der Waals surface area contributed by atoms with E-state index in [1.807, 2.05) is 36.4 Å². The van der Waals surface area contributed by atoms with Gasteiger partial charge in [0.25, 0.3) is 0 Å². The van der Waals surface area contributed by atoms with Crippen molar-refractivity contribution in [3.05, 3.63) is 200 Å². The van der Waals surface area contributed by atoms with Crippen LogP contribution in [0.25, 0.3) is 100 Å². The fraction of sp³-hybridized carbons (Fsp3) is 0. The van der Waals surface area contributed by atoms with Gasteiger partial charge in [0.1, 0.15) is 5.65 Å². The highest BCUT2D eigenvalue weighted by Crippen LogP contribution is 2.43. The van der Waals surface area contributed by atoms with Gasteiger partial charge < -0.3 is 0 Å². The van der Waals surface area contributed by atoms with Gasteiger partial charge in [-0.3, -0.25) is 9.13 Å². The SMILES string of the molecule is c1ccc(-c2nc(-c3ccccc3)nc(-c3cccc4cccc(-c5ccc6c(c5)c5c7ccccc7n(-c7ccccc7)c5n6-c5ccccc5)c34)n2)cc1. The summed E-state index contributed by atoms with van der Waals surface area (Å²) < 4.78 is 4.82. The van der Waals surface area contributed by atoms with Gasteiger partial charge in [0.15, 0.2) is 17.5 Å². The van der Waals surface area contributed by atoms with Crippen LogP contribution in [0.4, 0.5) is 0 Å². The lowest BCUT2D eigenvalue weighted by molar-refractivity contribution is 1.07. The molecule has 11 aromatic rings. The Balaban J connectivity index is 1.19. The van der Waals surface area contributed by atoms with Gasteiger partial charge in [0.2, 0.25) is 0 Å². The van der Waals surface area contributed by atoms with Crippen LogP contribution in [0.5, 0.6) is 0 Å². The monoisotopic (exact) mass is 715 g/mol. The van der Waals surface area contributed by atoms with Crippen LogP contribution in [0.15, 0.2) is 200 Å². The molecular weight excluding hydrogens is 683 g/mol. The number of hydrogen-bond acceptors (Lipinski definition) is 3. The topological polar surface area (TPSA) is 48.5 Å². The number of fused-ring (bicyclic) bond motifs is 6. The Morgan fingerprint density at radius 2 is 0.821 bits per heavy atom. The third-order valence-corrected chi connectivity index (χ3v) is 10.8. The van der Waals surface area contributed by atoms with E-state index in [2.05, 4.69) is 173 Å². The second kappa shape index (κ2) is 13.0. The lowest BCUT2D eigenvalue weighted by Gasteiger charge is -2.14. The first-order valence-corrected chi connectivity index (χ1v) is 18.9. The maximum absolute atomic E-state index is 5.15. The van der Waals surface area contributed by atoms with E-state index in [0.29, 0.717) is 17.5 Å². The Hall–Kier alpha value is -7.63. The summed E-state index contributed by atoms with van der Waals surface area (Å²) in [6.07, 6.45) is 0. The molecule has 5 nitrogen and oxygen atoms in total. The van der Waals surface area contributed by atoms with Crippen LogP contribution >= 0.6 is 0 Å². The fourth-order valence-electron chi connectivity index (χ4n) is 8.29. The van der Waals surface area contributed by atoms with Gasteiger partial charge in [-0.1, -0.05) is 158 Å². The molecule has 0 radical (unpaired) electrons. The van der Waals surface area contributed by atoms with Crippen LogP contribution < -0.4 is 0 Å². The van der Waals surface area contributed by atoms with Gasteiger partial charge in [0, 0.05) is 49.6 Å². The lowest BCUT2D eigenvalue weighted by Crippen LogP contribution is -2.01.